The molecule has 0 amide bonds. The summed E-state index contributed by atoms with van der Waals surface area (Å²) in [6.45, 7) is 7.21. The smallest absolute Gasteiger partial charge is 0.259 e. The largest absolute Gasteiger partial charge is 0.321 e. The van der Waals surface area contributed by atoms with Gasteiger partial charge >= 0.3 is 0 Å². The minimum atomic E-state index is -2.21. The normalized spacial score (nSPS) is 11.0. The van der Waals surface area contributed by atoms with Crippen LogP contribution in [0.5, 0.6) is 0 Å². The summed E-state index contributed by atoms with van der Waals surface area (Å²) in [7, 11) is 0. The first-order valence-corrected chi connectivity index (χ1v) is 11.0. The monoisotopic (exact) mass is 312 g/mol. The Balaban J connectivity index is 3.88. The summed E-state index contributed by atoms with van der Waals surface area (Å²) in [5.41, 5.74) is -2.21. The summed E-state index contributed by atoms with van der Waals surface area (Å²) in [6.07, 6.45) is 2.50. The number of hydrogen-bond acceptors (Lipinski definition) is 5. The predicted octanol–water partition coefficient (Wildman–Crippen LogP) is 4.51. The summed E-state index contributed by atoms with van der Waals surface area (Å²) in [4.78, 5) is 0. The van der Waals surface area contributed by atoms with Crippen LogP contribution in [0.4, 0.5) is 0 Å². The van der Waals surface area contributed by atoms with Gasteiger partial charge in [0.15, 0.2) is 0 Å². The lowest BCUT2D eigenvalue weighted by atomic mass is 10.4. The van der Waals surface area contributed by atoms with Gasteiger partial charge in [-0.05, 0) is 43.1 Å². The van der Waals surface area contributed by atoms with E-state index in [0.29, 0.717) is 13.2 Å². The van der Waals surface area contributed by atoms with Gasteiger partial charge in [0, 0.05) is 11.4 Å². The Labute approximate surface area is 119 Å². The summed E-state index contributed by atoms with van der Waals surface area (Å²) in [5.74, 6) is 5.14. The number of thioether (sulfide) groups is 1. The van der Waals surface area contributed by atoms with Crippen molar-refractivity contribution in [3.05, 3.63) is 0 Å². The number of unbranched alkanes of at least 4 members (excludes halogenated alkanes) is 1. The van der Waals surface area contributed by atoms with Crippen LogP contribution in [0.25, 0.3) is 0 Å². The Morgan fingerprint density at radius 2 is 1.82 bits per heavy atom. The Hall–Kier alpha value is 0.830. The van der Waals surface area contributed by atoms with Crippen LogP contribution in [0.2, 0.25) is 0 Å². The van der Waals surface area contributed by atoms with E-state index in [2.05, 4.69) is 18.1 Å². The van der Waals surface area contributed by atoms with Gasteiger partial charge in [-0.3, -0.25) is 0 Å². The molecule has 0 aliphatic carbocycles. The van der Waals surface area contributed by atoms with Crippen LogP contribution >= 0.6 is 28.8 Å². The molecular formula is C11H21O2PS3. The maximum absolute atomic E-state index is 5.47. The molecule has 0 aromatic carbocycles. The Bertz CT molecular complexity index is 276. The van der Waals surface area contributed by atoms with Crippen LogP contribution in [0.15, 0.2) is 0 Å². The van der Waals surface area contributed by atoms with Crippen LogP contribution in [0, 0.1) is 11.2 Å². The lowest BCUT2D eigenvalue weighted by Gasteiger charge is -2.16. The molecule has 0 rings (SSSR count). The molecule has 2 nitrogen and oxygen atoms in total. The maximum atomic E-state index is 5.47. The van der Waals surface area contributed by atoms with Gasteiger partial charge in [0.05, 0.1) is 19.0 Å². The molecule has 0 aliphatic rings. The Morgan fingerprint density at radius 1 is 1.18 bits per heavy atom. The lowest BCUT2D eigenvalue weighted by molar-refractivity contribution is 0.281. The van der Waals surface area contributed by atoms with Gasteiger partial charge in [-0.2, -0.15) is 0 Å². The Kier molecular flexibility index (Phi) is 12.5. The second kappa shape index (κ2) is 11.9. The summed E-state index contributed by atoms with van der Waals surface area (Å²) >= 11 is 8.55. The van der Waals surface area contributed by atoms with E-state index in [-0.39, 0.29) is 0 Å². The van der Waals surface area contributed by atoms with Crippen molar-refractivity contribution in [2.45, 2.75) is 33.6 Å². The molecule has 0 saturated heterocycles. The minimum Gasteiger partial charge on any atom is -0.321 e. The zero-order chi connectivity index (χ0) is 13.0. The first kappa shape index (κ1) is 17.8. The first-order valence-electron chi connectivity index (χ1n) is 5.81. The van der Waals surface area contributed by atoms with Gasteiger partial charge in [-0.25, -0.2) is 0 Å². The summed E-state index contributed by atoms with van der Waals surface area (Å²) < 4.78 is 10.9. The third kappa shape index (κ3) is 10.4. The van der Waals surface area contributed by atoms with E-state index in [1.165, 1.54) is 30.0 Å². The molecule has 0 saturated carbocycles. The molecule has 0 heterocycles. The molecule has 0 unspecified atom stereocenters. The highest BCUT2D eigenvalue weighted by Gasteiger charge is 2.17. The second-order valence-corrected chi connectivity index (χ2v) is 10.1. The fraction of sp³-hybridized carbons (Fsp3) is 0.818. The summed E-state index contributed by atoms with van der Waals surface area (Å²) in [5, 5.41) is 3.01. The molecule has 0 radical (unpaired) electrons. The quantitative estimate of drug-likeness (QED) is 0.353. The maximum Gasteiger partial charge on any atom is 0.259 e. The van der Waals surface area contributed by atoms with E-state index in [1.807, 2.05) is 25.6 Å². The van der Waals surface area contributed by atoms with Crippen LogP contribution in [0.1, 0.15) is 33.6 Å². The van der Waals surface area contributed by atoms with E-state index in [4.69, 9.17) is 20.9 Å². The SMILES string of the molecule is CCCCSCC#CSP(=S)(OCC)OCC. The topological polar surface area (TPSA) is 18.5 Å². The summed E-state index contributed by atoms with van der Waals surface area (Å²) in [6, 6.07) is 0. The van der Waals surface area contributed by atoms with Crippen molar-refractivity contribution < 1.29 is 9.05 Å². The highest BCUT2D eigenvalue weighted by atomic mass is 32.9. The van der Waals surface area contributed by atoms with Crippen molar-refractivity contribution in [2.75, 3.05) is 24.7 Å². The molecule has 100 valence electrons. The van der Waals surface area contributed by atoms with Gasteiger partial charge in [-0.15, -0.1) is 11.8 Å². The highest BCUT2D eigenvalue weighted by molar-refractivity contribution is 8.69. The van der Waals surface area contributed by atoms with Gasteiger partial charge < -0.3 is 9.05 Å². The van der Waals surface area contributed by atoms with Gasteiger partial charge in [0.25, 0.3) is 5.69 Å². The van der Waals surface area contributed by atoms with E-state index in [1.54, 1.807) is 0 Å². The third-order valence-electron chi connectivity index (χ3n) is 1.62. The van der Waals surface area contributed by atoms with Crippen LogP contribution in [-0.4, -0.2) is 24.7 Å². The van der Waals surface area contributed by atoms with Crippen molar-refractivity contribution in [3.8, 4) is 11.2 Å². The minimum absolute atomic E-state index is 0.581. The van der Waals surface area contributed by atoms with Crippen molar-refractivity contribution in [1.82, 2.24) is 0 Å². The van der Waals surface area contributed by atoms with Crippen molar-refractivity contribution in [2.24, 2.45) is 0 Å². The molecule has 0 fully saturated rings. The van der Waals surface area contributed by atoms with E-state index in [0.717, 1.165) is 5.75 Å². The number of rotatable bonds is 9. The van der Waals surface area contributed by atoms with Crippen molar-refractivity contribution >= 4 is 40.6 Å². The average molecular weight is 312 g/mol. The molecule has 17 heavy (non-hydrogen) atoms. The highest BCUT2D eigenvalue weighted by Crippen LogP contribution is 2.60. The van der Waals surface area contributed by atoms with Gasteiger partial charge in [0.1, 0.15) is 0 Å². The van der Waals surface area contributed by atoms with Crippen molar-refractivity contribution in [3.63, 3.8) is 0 Å². The lowest BCUT2D eigenvalue weighted by Crippen LogP contribution is -1.90. The van der Waals surface area contributed by atoms with Crippen LogP contribution in [0.3, 0.4) is 0 Å². The predicted molar refractivity (Wildman–Crippen MR) is 85.1 cm³/mol. The fourth-order valence-electron chi connectivity index (χ4n) is 0.893. The second-order valence-electron chi connectivity index (χ2n) is 3.06. The van der Waals surface area contributed by atoms with Gasteiger partial charge in [-0.1, -0.05) is 19.3 Å². The molecule has 0 spiro atoms. The van der Waals surface area contributed by atoms with E-state index >= 15 is 0 Å². The average Bonchev–Trinajstić information content (AvgIpc) is 2.28. The third-order valence-corrected chi connectivity index (χ3v) is 7.03. The first-order chi connectivity index (χ1) is 8.18. The van der Waals surface area contributed by atoms with E-state index in [9.17, 15) is 0 Å². The van der Waals surface area contributed by atoms with Crippen molar-refractivity contribution in [1.29, 1.82) is 0 Å². The molecule has 0 aromatic heterocycles. The zero-order valence-corrected chi connectivity index (χ0v) is 14.1. The molecule has 0 aromatic rings. The van der Waals surface area contributed by atoms with Gasteiger partial charge in [0.2, 0.25) is 0 Å². The molecule has 0 bridgehead atoms. The zero-order valence-electron chi connectivity index (χ0n) is 10.7. The standard InChI is InChI=1S/C11H21O2PS3/c1-4-7-9-16-10-8-11-17-14(15,12-5-2)13-6-3/h4-7,9-10H2,1-3H3. The Morgan fingerprint density at radius 3 is 2.35 bits per heavy atom. The van der Waals surface area contributed by atoms with Crippen LogP contribution in [-0.2, 0) is 20.9 Å². The molecular weight excluding hydrogens is 291 g/mol. The fourth-order valence-corrected chi connectivity index (χ4v) is 5.30. The molecule has 6 heteroatoms. The van der Waals surface area contributed by atoms with E-state index < -0.39 is 5.69 Å². The van der Waals surface area contributed by atoms with Crippen LogP contribution < -0.4 is 0 Å². The molecule has 0 aliphatic heterocycles. The number of hydrogen-bond donors (Lipinski definition) is 0. The molecule has 0 atom stereocenters. The molecule has 0 N–H and O–H groups in total.